The van der Waals surface area contributed by atoms with Crippen LogP contribution in [-0.2, 0) is 16.2 Å². The second-order valence-electron chi connectivity index (χ2n) is 7.62. The molecular formula is C26H26BrN3O3. The van der Waals surface area contributed by atoms with Gasteiger partial charge in [0, 0.05) is 28.6 Å². The number of hydrogen-bond acceptors (Lipinski definition) is 4. The number of benzene rings is 3. The minimum atomic E-state index is -0.338. The quantitative estimate of drug-likeness (QED) is 0.295. The van der Waals surface area contributed by atoms with Crippen molar-refractivity contribution in [3.05, 3.63) is 93.5 Å². The van der Waals surface area contributed by atoms with Crippen LogP contribution in [-0.4, -0.2) is 18.0 Å². The lowest BCUT2D eigenvalue weighted by atomic mass is 10.1. The maximum atomic E-state index is 12.2. The summed E-state index contributed by atoms with van der Waals surface area (Å²) < 4.78 is 6.90. The van der Waals surface area contributed by atoms with Crippen LogP contribution >= 0.6 is 15.9 Å². The minimum absolute atomic E-state index is 0.0368. The van der Waals surface area contributed by atoms with Crippen molar-refractivity contribution in [3.63, 3.8) is 0 Å². The van der Waals surface area contributed by atoms with Crippen molar-refractivity contribution in [1.29, 1.82) is 0 Å². The molecule has 0 aliphatic heterocycles. The van der Waals surface area contributed by atoms with Crippen LogP contribution in [0.15, 0.2) is 76.3 Å². The van der Waals surface area contributed by atoms with Gasteiger partial charge in [-0.2, -0.15) is 5.10 Å². The molecule has 170 valence electrons. The summed E-state index contributed by atoms with van der Waals surface area (Å²) in [5.74, 6) is 0.102. The molecule has 0 bridgehead atoms. The van der Waals surface area contributed by atoms with Gasteiger partial charge >= 0.3 is 0 Å². The van der Waals surface area contributed by atoms with Gasteiger partial charge in [0.25, 0.3) is 0 Å². The monoisotopic (exact) mass is 507 g/mol. The number of anilines is 1. The lowest BCUT2D eigenvalue weighted by molar-refractivity contribution is -0.124. The summed E-state index contributed by atoms with van der Waals surface area (Å²) in [6.07, 6.45) is 1.64. The number of halogens is 1. The highest BCUT2D eigenvalue weighted by atomic mass is 79.9. The van der Waals surface area contributed by atoms with Gasteiger partial charge < -0.3 is 10.1 Å². The van der Waals surface area contributed by atoms with Crippen LogP contribution < -0.4 is 15.5 Å². The van der Waals surface area contributed by atoms with Crippen molar-refractivity contribution in [3.8, 4) is 5.75 Å². The van der Waals surface area contributed by atoms with Gasteiger partial charge in [0.1, 0.15) is 12.4 Å². The fourth-order valence-corrected chi connectivity index (χ4v) is 3.58. The van der Waals surface area contributed by atoms with Crippen molar-refractivity contribution in [2.45, 2.75) is 33.3 Å². The predicted octanol–water partition coefficient (Wildman–Crippen LogP) is 5.51. The van der Waals surface area contributed by atoms with Gasteiger partial charge in [0.05, 0.1) is 6.21 Å². The van der Waals surface area contributed by atoms with Crippen molar-refractivity contribution < 1.29 is 14.3 Å². The molecule has 0 fully saturated rings. The van der Waals surface area contributed by atoms with Gasteiger partial charge in [-0.25, -0.2) is 5.43 Å². The number of amides is 2. The van der Waals surface area contributed by atoms with E-state index in [4.69, 9.17) is 4.74 Å². The van der Waals surface area contributed by atoms with E-state index in [1.807, 2.05) is 80.6 Å². The van der Waals surface area contributed by atoms with Gasteiger partial charge in [-0.15, -0.1) is 0 Å². The number of nitrogens with zero attached hydrogens (tertiary/aromatic N) is 1. The Morgan fingerprint density at radius 3 is 2.55 bits per heavy atom. The van der Waals surface area contributed by atoms with E-state index >= 15 is 0 Å². The molecule has 0 aliphatic carbocycles. The van der Waals surface area contributed by atoms with E-state index in [2.05, 4.69) is 31.8 Å². The van der Waals surface area contributed by atoms with E-state index < -0.39 is 0 Å². The van der Waals surface area contributed by atoms with Crippen molar-refractivity contribution in [2.75, 3.05) is 5.32 Å². The number of nitrogens with one attached hydrogen (secondary N) is 2. The molecule has 0 aromatic heterocycles. The zero-order chi connectivity index (χ0) is 23.6. The van der Waals surface area contributed by atoms with E-state index in [0.717, 1.165) is 32.4 Å². The standard InChI is InChI=1S/C26H26BrN3O3/c1-18-10-11-23(19(2)14-18)29-25(31)12-13-26(32)30-28-16-21-7-3-4-9-24(21)33-17-20-6-5-8-22(27)15-20/h3-11,14-16H,12-13,17H2,1-2H3,(H,29,31)(H,30,32)/b28-16+. The highest BCUT2D eigenvalue weighted by Gasteiger charge is 2.08. The van der Waals surface area contributed by atoms with Crippen LogP contribution in [0.5, 0.6) is 5.75 Å². The topological polar surface area (TPSA) is 79.8 Å². The molecule has 0 unspecified atom stereocenters. The molecule has 7 heteroatoms. The third-order valence-corrected chi connectivity index (χ3v) is 5.32. The Balaban J connectivity index is 1.47. The average molecular weight is 508 g/mol. The molecule has 3 aromatic rings. The Morgan fingerprint density at radius 2 is 1.76 bits per heavy atom. The van der Waals surface area contributed by atoms with Crippen molar-refractivity contribution in [1.82, 2.24) is 5.43 Å². The summed E-state index contributed by atoms with van der Waals surface area (Å²) in [7, 11) is 0. The smallest absolute Gasteiger partial charge is 0.240 e. The molecule has 0 saturated heterocycles. The Kier molecular flexibility index (Phi) is 8.78. The highest BCUT2D eigenvalue weighted by Crippen LogP contribution is 2.19. The van der Waals surface area contributed by atoms with E-state index in [9.17, 15) is 9.59 Å². The first-order valence-electron chi connectivity index (χ1n) is 10.6. The molecule has 0 spiro atoms. The molecule has 0 radical (unpaired) electrons. The van der Waals surface area contributed by atoms with Gasteiger partial charge in [-0.05, 0) is 55.3 Å². The number of hydrazone groups is 1. The van der Waals surface area contributed by atoms with Crippen LogP contribution in [0.1, 0.15) is 35.1 Å². The number of para-hydroxylation sites is 1. The van der Waals surface area contributed by atoms with E-state index in [-0.39, 0.29) is 24.7 Å². The van der Waals surface area contributed by atoms with E-state index in [0.29, 0.717) is 12.4 Å². The summed E-state index contributed by atoms with van der Waals surface area (Å²) in [4.78, 5) is 24.2. The first kappa shape index (κ1) is 24.2. The SMILES string of the molecule is Cc1ccc(NC(=O)CCC(=O)N/N=C/c2ccccc2OCc2cccc(Br)c2)c(C)c1. The Morgan fingerprint density at radius 1 is 0.970 bits per heavy atom. The number of rotatable bonds is 9. The Hall–Kier alpha value is -3.45. The zero-order valence-electron chi connectivity index (χ0n) is 18.6. The largest absolute Gasteiger partial charge is 0.488 e. The predicted molar refractivity (Wildman–Crippen MR) is 134 cm³/mol. The maximum Gasteiger partial charge on any atom is 0.240 e. The first-order valence-corrected chi connectivity index (χ1v) is 11.4. The fraction of sp³-hybridized carbons (Fsp3) is 0.192. The van der Waals surface area contributed by atoms with Crippen LogP contribution in [0.4, 0.5) is 5.69 Å². The molecule has 6 nitrogen and oxygen atoms in total. The second kappa shape index (κ2) is 12.0. The third kappa shape index (κ3) is 7.88. The summed E-state index contributed by atoms with van der Waals surface area (Å²) in [6, 6.07) is 21.1. The van der Waals surface area contributed by atoms with Crippen LogP contribution in [0.2, 0.25) is 0 Å². The van der Waals surface area contributed by atoms with E-state index in [1.165, 1.54) is 6.21 Å². The summed E-state index contributed by atoms with van der Waals surface area (Å²) in [6.45, 7) is 4.34. The van der Waals surface area contributed by atoms with Crippen molar-refractivity contribution in [2.24, 2.45) is 5.10 Å². The summed E-state index contributed by atoms with van der Waals surface area (Å²) in [5.41, 5.74) is 7.10. The van der Waals surface area contributed by atoms with Gasteiger partial charge in [-0.3, -0.25) is 9.59 Å². The van der Waals surface area contributed by atoms with Crippen LogP contribution in [0.25, 0.3) is 0 Å². The van der Waals surface area contributed by atoms with Gasteiger partial charge in [-0.1, -0.05) is 57.9 Å². The number of aryl methyl sites for hydroxylation is 2. The zero-order valence-corrected chi connectivity index (χ0v) is 20.2. The Labute approximate surface area is 202 Å². The maximum absolute atomic E-state index is 12.2. The number of hydrogen-bond donors (Lipinski definition) is 2. The molecule has 0 heterocycles. The molecule has 0 atom stereocenters. The number of carbonyl (C=O) groups excluding carboxylic acids is 2. The minimum Gasteiger partial charge on any atom is -0.488 e. The lowest BCUT2D eigenvalue weighted by Gasteiger charge is -2.09. The first-order chi connectivity index (χ1) is 15.9. The molecule has 0 saturated carbocycles. The van der Waals surface area contributed by atoms with Crippen LogP contribution in [0, 0.1) is 13.8 Å². The van der Waals surface area contributed by atoms with E-state index in [1.54, 1.807) is 0 Å². The lowest BCUT2D eigenvalue weighted by Crippen LogP contribution is -2.21. The van der Waals surface area contributed by atoms with Crippen molar-refractivity contribution >= 4 is 39.6 Å². The highest BCUT2D eigenvalue weighted by molar-refractivity contribution is 9.10. The summed E-state index contributed by atoms with van der Waals surface area (Å²) >= 11 is 3.45. The Bertz CT molecular complexity index is 1160. The number of ether oxygens (including phenoxy) is 1. The molecule has 3 rings (SSSR count). The normalized spacial score (nSPS) is 10.8. The van der Waals surface area contributed by atoms with Crippen LogP contribution in [0.3, 0.4) is 0 Å². The van der Waals surface area contributed by atoms with Gasteiger partial charge in [0.2, 0.25) is 11.8 Å². The molecule has 33 heavy (non-hydrogen) atoms. The second-order valence-corrected chi connectivity index (χ2v) is 8.53. The third-order valence-electron chi connectivity index (χ3n) is 4.83. The molecule has 2 amide bonds. The molecular weight excluding hydrogens is 482 g/mol. The van der Waals surface area contributed by atoms with Gasteiger partial charge in [0.15, 0.2) is 0 Å². The number of carbonyl (C=O) groups is 2. The molecule has 2 N–H and O–H groups in total. The molecule has 0 aliphatic rings. The molecule has 3 aromatic carbocycles. The summed E-state index contributed by atoms with van der Waals surface area (Å²) in [5, 5.41) is 6.85. The average Bonchev–Trinajstić information content (AvgIpc) is 2.79. The fourth-order valence-electron chi connectivity index (χ4n) is 3.13.